The molecule has 4 heteroatoms. The van der Waals surface area contributed by atoms with Gasteiger partial charge in [0.2, 0.25) is 0 Å². The maximum Gasteiger partial charge on any atom is 0.176 e. The van der Waals surface area contributed by atoms with Gasteiger partial charge in [-0.25, -0.2) is 5.48 Å². The number of rotatable bonds is 0. The highest BCUT2D eigenvalue weighted by molar-refractivity contribution is 9.11. The van der Waals surface area contributed by atoms with Crippen molar-refractivity contribution in [2.75, 3.05) is 0 Å². The lowest BCUT2D eigenvalue weighted by Gasteiger charge is -2.14. The number of fused-ring (bicyclic) bond motifs is 1. The molecule has 0 saturated heterocycles. The third kappa shape index (κ3) is 1.36. The van der Waals surface area contributed by atoms with Crippen molar-refractivity contribution in [1.82, 2.24) is 5.48 Å². The summed E-state index contributed by atoms with van der Waals surface area (Å²) in [6, 6.07) is 3.94. The molecule has 0 fully saturated rings. The van der Waals surface area contributed by atoms with E-state index in [-0.39, 0.29) is 0 Å². The van der Waals surface area contributed by atoms with E-state index < -0.39 is 0 Å². The lowest BCUT2D eigenvalue weighted by Crippen LogP contribution is -2.14. The molecule has 1 heterocycles. The minimum Gasteiger partial charge on any atom is -0.381 e. The van der Waals surface area contributed by atoms with Gasteiger partial charge in [-0.2, -0.15) is 0 Å². The van der Waals surface area contributed by atoms with Crippen LogP contribution in [0, 0.1) is 0 Å². The van der Waals surface area contributed by atoms with Gasteiger partial charge >= 0.3 is 0 Å². The smallest absolute Gasteiger partial charge is 0.176 e. The number of hydroxylamine groups is 1. The molecule has 0 saturated carbocycles. The molecule has 1 aliphatic heterocycles. The van der Waals surface area contributed by atoms with Crippen LogP contribution in [0.1, 0.15) is 5.56 Å². The van der Waals surface area contributed by atoms with Crippen LogP contribution in [-0.2, 0) is 0 Å². The molecule has 2 nitrogen and oxygen atoms in total. The maximum atomic E-state index is 5.20. The molecule has 0 amide bonds. The van der Waals surface area contributed by atoms with Gasteiger partial charge in [0, 0.05) is 16.2 Å². The van der Waals surface area contributed by atoms with Crippen LogP contribution in [0.3, 0.4) is 0 Å². The fourth-order valence-electron chi connectivity index (χ4n) is 1.03. The van der Waals surface area contributed by atoms with Crippen molar-refractivity contribution < 1.29 is 4.84 Å². The normalized spacial score (nSPS) is 13.2. The summed E-state index contributed by atoms with van der Waals surface area (Å²) in [5, 5.41) is 0. The number of hydrogen-bond acceptors (Lipinski definition) is 2. The minimum atomic E-state index is 0.820. The summed E-state index contributed by atoms with van der Waals surface area (Å²) in [4.78, 5) is 5.20. The van der Waals surface area contributed by atoms with E-state index >= 15 is 0 Å². The Morgan fingerprint density at radius 2 is 2.08 bits per heavy atom. The molecule has 1 aliphatic rings. The first kappa shape index (κ1) is 8.13. The molecule has 2 rings (SSSR count). The van der Waals surface area contributed by atoms with Crippen molar-refractivity contribution in [2.24, 2.45) is 0 Å². The third-order valence-corrected chi connectivity index (χ3v) is 2.58. The topological polar surface area (TPSA) is 21.3 Å². The molecular weight excluding hydrogens is 286 g/mol. The van der Waals surface area contributed by atoms with Crippen molar-refractivity contribution in [3.05, 3.63) is 32.8 Å². The fraction of sp³-hybridized carbons (Fsp3) is 0. The molecule has 0 radical (unpaired) electrons. The Labute approximate surface area is 86.8 Å². The Balaban J connectivity index is 2.62. The Morgan fingerprint density at radius 1 is 1.25 bits per heavy atom. The van der Waals surface area contributed by atoms with E-state index in [9.17, 15) is 0 Å². The van der Waals surface area contributed by atoms with E-state index in [1.54, 1.807) is 6.20 Å². The average molecular weight is 291 g/mol. The lowest BCUT2D eigenvalue weighted by atomic mass is 10.2. The molecule has 0 aliphatic carbocycles. The molecule has 1 N–H and O–H groups in total. The van der Waals surface area contributed by atoms with Crippen molar-refractivity contribution in [3.8, 4) is 5.75 Å². The molecule has 0 spiro atoms. The van der Waals surface area contributed by atoms with Crippen LogP contribution < -0.4 is 10.3 Å². The van der Waals surface area contributed by atoms with Gasteiger partial charge in [-0.3, -0.25) is 0 Å². The van der Waals surface area contributed by atoms with E-state index in [0.29, 0.717) is 0 Å². The molecule has 1 aromatic carbocycles. The second-order valence-corrected chi connectivity index (χ2v) is 4.13. The Bertz CT molecular complexity index is 349. The van der Waals surface area contributed by atoms with Crippen LogP contribution in [0.4, 0.5) is 0 Å². The summed E-state index contributed by atoms with van der Waals surface area (Å²) in [5.41, 5.74) is 3.73. The van der Waals surface area contributed by atoms with Gasteiger partial charge < -0.3 is 4.84 Å². The number of benzene rings is 1. The van der Waals surface area contributed by atoms with Gasteiger partial charge in [0.1, 0.15) is 0 Å². The van der Waals surface area contributed by atoms with E-state index in [4.69, 9.17) is 4.84 Å². The van der Waals surface area contributed by atoms with E-state index in [2.05, 4.69) is 37.3 Å². The zero-order chi connectivity index (χ0) is 8.55. The molecule has 12 heavy (non-hydrogen) atoms. The largest absolute Gasteiger partial charge is 0.381 e. The summed E-state index contributed by atoms with van der Waals surface area (Å²) >= 11 is 6.81. The second kappa shape index (κ2) is 3.11. The van der Waals surface area contributed by atoms with Crippen molar-refractivity contribution in [3.63, 3.8) is 0 Å². The predicted molar refractivity (Wildman–Crippen MR) is 54.6 cm³/mol. The van der Waals surface area contributed by atoms with Gasteiger partial charge in [0.15, 0.2) is 5.75 Å². The van der Waals surface area contributed by atoms with Gasteiger partial charge in [-0.1, -0.05) is 15.9 Å². The first-order valence-electron chi connectivity index (χ1n) is 3.35. The van der Waals surface area contributed by atoms with Crippen molar-refractivity contribution in [2.45, 2.75) is 0 Å². The van der Waals surface area contributed by atoms with Gasteiger partial charge in [0.05, 0.1) is 4.47 Å². The minimum absolute atomic E-state index is 0.820. The number of nitrogens with one attached hydrogen (secondary N) is 1. The molecule has 1 aromatic rings. The lowest BCUT2D eigenvalue weighted by molar-refractivity contribution is 0.237. The second-order valence-electron chi connectivity index (χ2n) is 2.36. The highest BCUT2D eigenvalue weighted by Gasteiger charge is 2.10. The van der Waals surface area contributed by atoms with Crippen LogP contribution >= 0.6 is 31.9 Å². The maximum absolute atomic E-state index is 5.20. The summed E-state index contributed by atoms with van der Waals surface area (Å²) in [5.74, 6) is 0.820. The average Bonchev–Trinajstić information content (AvgIpc) is 2.04. The number of hydrogen-bond donors (Lipinski definition) is 1. The standard InChI is InChI=1S/C8H5Br2NO/c9-6-3-5-1-2-11-12-8(5)7(10)4-6/h1-4,11H. The van der Waals surface area contributed by atoms with Crippen LogP contribution in [-0.4, -0.2) is 0 Å². The zero-order valence-electron chi connectivity index (χ0n) is 5.97. The van der Waals surface area contributed by atoms with Crippen LogP contribution in [0.25, 0.3) is 6.08 Å². The first-order valence-corrected chi connectivity index (χ1v) is 4.94. The molecular formula is C8H5Br2NO. The predicted octanol–water partition coefficient (Wildman–Crippen LogP) is 3.08. The highest BCUT2D eigenvalue weighted by atomic mass is 79.9. The van der Waals surface area contributed by atoms with Gasteiger partial charge in [-0.15, -0.1) is 0 Å². The monoisotopic (exact) mass is 289 g/mol. The van der Waals surface area contributed by atoms with E-state index in [1.165, 1.54) is 0 Å². The molecule has 0 atom stereocenters. The third-order valence-electron chi connectivity index (χ3n) is 1.53. The molecule has 0 aromatic heterocycles. The van der Waals surface area contributed by atoms with Gasteiger partial charge in [0.25, 0.3) is 0 Å². The highest BCUT2D eigenvalue weighted by Crippen LogP contribution is 2.34. The van der Waals surface area contributed by atoms with E-state index in [0.717, 1.165) is 20.3 Å². The SMILES string of the molecule is Brc1cc(Br)c2c(c1)C=CNO2. The quantitative estimate of drug-likeness (QED) is 0.793. The molecule has 0 unspecified atom stereocenters. The molecule has 0 bridgehead atoms. The fourth-order valence-corrected chi connectivity index (χ4v) is 2.37. The van der Waals surface area contributed by atoms with Crippen LogP contribution in [0.2, 0.25) is 0 Å². The molecule has 62 valence electrons. The summed E-state index contributed by atoms with van der Waals surface area (Å²) in [7, 11) is 0. The summed E-state index contributed by atoms with van der Waals surface area (Å²) in [6.07, 6.45) is 3.70. The summed E-state index contributed by atoms with van der Waals surface area (Å²) < 4.78 is 1.96. The Kier molecular flexibility index (Phi) is 2.11. The Morgan fingerprint density at radius 3 is 2.92 bits per heavy atom. The number of halogens is 2. The van der Waals surface area contributed by atoms with Crippen LogP contribution in [0.5, 0.6) is 5.75 Å². The Hall–Kier alpha value is -0.480. The van der Waals surface area contributed by atoms with E-state index in [1.807, 2.05) is 18.2 Å². The van der Waals surface area contributed by atoms with Crippen LogP contribution in [0.15, 0.2) is 27.3 Å². The first-order chi connectivity index (χ1) is 5.77. The summed E-state index contributed by atoms with van der Waals surface area (Å²) in [6.45, 7) is 0. The van der Waals surface area contributed by atoms with Crippen molar-refractivity contribution >= 4 is 37.9 Å². The van der Waals surface area contributed by atoms with Crippen molar-refractivity contribution in [1.29, 1.82) is 0 Å². The zero-order valence-corrected chi connectivity index (χ0v) is 9.15. The van der Waals surface area contributed by atoms with Gasteiger partial charge in [-0.05, 0) is 34.1 Å².